The molecule has 0 amide bonds. The summed E-state index contributed by atoms with van der Waals surface area (Å²) in [5.41, 5.74) is 4.16. The SMILES string of the molecule is CCOC(=O)c1nnn(Cc2ccc(OC)cc2)c1S[C@H]1CC[C@@H](c2ccc(N3CCN(C)CC3)cc2)CC1. The van der Waals surface area contributed by atoms with Crippen LogP contribution in [0.4, 0.5) is 5.69 Å². The third-order valence-corrected chi connectivity index (χ3v) is 9.27. The summed E-state index contributed by atoms with van der Waals surface area (Å²) in [5.74, 6) is 0.982. The van der Waals surface area contributed by atoms with Gasteiger partial charge in [-0.2, -0.15) is 0 Å². The predicted molar refractivity (Wildman–Crippen MR) is 155 cm³/mol. The van der Waals surface area contributed by atoms with Crippen LogP contribution in [0.1, 0.15) is 60.1 Å². The summed E-state index contributed by atoms with van der Waals surface area (Å²) >= 11 is 1.73. The highest BCUT2D eigenvalue weighted by Crippen LogP contribution is 2.41. The molecule has 9 heteroatoms. The maximum absolute atomic E-state index is 12.7. The number of piperazine rings is 1. The van der Waals surface area contributed by atoms with Crippen molar-refractivity contribution in [1.29, 1.82) is 0 Å². The Balaban J connectivity index is 1.23. The highest BCUT2D eigenvalue weighted by molar-refractivity contribution is 7.99. The van der Waals surface area contributed by atoms with Gasteiger partial charge in [0.25, 0.3) is 0 Å². The van der Waals surface area contributed by atoms with Crippen molar-refractivity contribution in [3.05, 3.63) is 65.4 Å². The molecule has 0 unspecified atom stereocenters. The Morgan fingerprint density at radius 2 is 1.67 bits per heavy atom. The standard InChI is InChI=1S/C30H39N5O3S/c1-4-38-30(36)28-29(35(32-31-28)21-22-5-13-26(37-3)14-6-22)39-27-15-9-24(10-16-27)23-7-11-25(12-8-23)34-19-17-33(2)18-20-34/h5-8,11-14,24,27H,4,9-10,15-21H2,1-3H3/t24-,27+. The summed E-state index contributed by atoms with van der Waals surface area (Å²) in [4.78, 5) is 17.6. The van der Waals surface area contributed by atoms with E-state index in [0.29, 0.717) is 30.0 Å². The minimum absolute atomic E-state index is 0.312. The maximum atomic E-state index is 12.7. The average Bonchev–Trinajstić information content (AvgIpc) is 3.36. The van der Waals surface area contributed by atoms with Crippen LogP contribution < -0.4 is 9.64 Å². The van der Waals surface area contributed by atoms with Crippen molar-refractivity contribution in [2.75, 3.05) is 51.8 Å². The highest BCUT2D eigenvalue weighted by atomic mass is 32.2. The zero-order valence-corrected chi connectivity index (χ0v) is 24.0. The van der Waals surface area contributed by atoms with E-state index in [1.807, 2.05) is 35.9 Å². The number of hydrogen-bond donors (Lipinski definition) is 0. The smallest absolute Gasteiger partial charge is 0.361 e. The minimum Gasteiger partial charge on any atom is -0.497 e. The molecule has 8 nitrogen and oxygen atoms in total. The van der Waals surface area contributed by atoms with Crippen LogP contribution in [0, 0.1) is 0 Å². The van der Waals surface area contributed by atoms with E-state index in [0.717, 1.165) is 68.2 Å². The number of benzene rings is 2. The molecule has 0 spiro atoms. The molecule has 0 radical (unpaired) electrons. The summed E-state index contributed by atoms with van der Waals surface area (Å²) in [5, 5.41) is 9.78. The molecule has 0 bridgehead atoms. The van der Waals surface area contributed by atoms with Gasteiger partial charge in [0.2, 0.25) is 5.69 Å². The van der Waals surface area contributed by atoms with E-state index in [2.05, 4.69) is 51.4 Å². The molecule has 2 heterocycles. The quantitative estimate of drug-likeness (QED) is 0.342. The topological polar surface area (TPSA) is 72.7 Å². The molecular formula is C30H39N5O3S. The molecule has 5 rings (SSSR count). The fourth-order valence-corrected chi connectivity index (χ4v) is 6.73. The fraction of sp³-hybridized carbons (Fsp3) is 0.500. The Kier molecular flexibility index (Phi) is 9.09. The Labute approximate surface area is 235 Å². The zero-order valence-electron chi connectivity index (χ0n) is 23.2. The van der Waals surface area contributed by atoms with E-state index < -0.39 is 5.97 Å². The average molecular weight is 550 g/mol. The normalized spacial score (nSPS) is 20.1. The van der Waals surface area contributed by atoms with Gasteiger partial charge >= 0.3 is 5.97 Å². The molecule has 0 atom stereocenters. The lowest BCUT2D eigenvalue weighted by Gasteiger charge is -2.34. The third kappa shape index (κ3) is 6.76. The summed E-state index contributed by atoms with van der Waals surface area (Å²) < 4.78 is 12.4. The number of nitrogens with zero attached hydrogens (tertiary/aromatic N) is 5. The summed E-state index contributed by atoms with van der Waals surface area (Å²) in [6.07, 6.45) is 4.46. The van der Waals surface area contributed by atoms with Crippen LogP contribution in [0.25, 0.3) is 0 Å². The van der Waals surface area contributed by atoms with Crippen LogP contribution >= 0.6 is 11.8 Å². The molecule has 2 aliphatic rings. The van der Waals surface area contributed by atoms with Gasteiger partial charge in [-0.3, -0.25) is 0 Å². The molecule has 2 fully saturated rings. The molecule has 0 N–H and O–H groups in total. The van der Waals surface area contributed by atoms with Crippen molar-refractivity contribution in [2.24, 2.45) is 0 Å². The van der Waals surface area contributed by atoms with Gasteiger partial charge in [-0.05, 0) is 81.0 Å². The largest absolute Gasteiger partial charge is 0.497 e. The van der Waals surface area contributed by atoms with Crippen LogP contribution in [-0.4, -0.2) is 78.1 Å². The lowest BCUT2D eigenvalue weighted by Crippen LogP contribution is -2.44. The lowest BCUT2D eigenvalue weighted by atomic mass is 9.84. The van der Waals surface area contributed by atoms with Crippen LogP contribution in [0.2, 0.25) is 0 Å². The number of aromatic nitrogens is 3. The number of carbonyl (C=O) groups is 1. The van der Waals surface area contributed by atoms with Crippen molar-refractivity contribution in [2.45, 2.75) is 55.3 Å². The van der Waals surface area contributed by atoms with Crippen molar-refractivity contribution in [3.8, 4) is 5.75 Å². The Bertz CT molecular complexity index is 1210. The first-order valence-electron chi connectivity index (χ1n) is 14.0. The number of hydrogen-bond acceptors (Lipinski definition) is 8. The summed E-state index contributed by atoms with van der Waals surface area (Å²) in [6.45, 7) is 7.09. The number of carbonyl (C=O) groups excluding carboxylic acids is 1. The van der Waals surface area contributed by atoms with E-state index >= 15 is 0 Å². The van der Waals surface area contributed by atoms with Gasteiger partial charge in [-0.1, -0.05) is 29.5 Å². The molecule has 39 heavy (non-hydrogen) atoms. The third-order valence-electron chi connectivity index (χ3n) is 7.84. The molecule has 1 saturated carbocycles. The first kappa shape index (κ1) is 27.5. The first-order chi connectivity index (χ1) is 19.0. The van der Waals surface area contributed by atoms with E-state index in [1.165, 1.54) is 11.3 Å². The molecule has 3 aromatic rings. The molecule has 208 valence electrons. The van der Waals surface area contributed by atoms with Crippen LogP contribution in [0.15, 0.2) is 53.6 Å². The molecule has 2 aromatic carbocycles. The van der Waals surface area contributed by atoms with Gasteiger partial charge in [0.1, 0.15) is 10.8 Å². The summed E-state index contributed by atoms with van der Waals surface area (Å²) in [6, 6.07) is 17.2. The van der Waals surface area contributed by atoms with E-state index in [-0.39, 0.29) is 0 Å². The highest BCUT2D eigenvalue weighted by Gasteiger charge is 2.28. The predicted octanol–water partition coefficient (Wildman–Crippen LogP) is 5.08. The second-order valence-corrected chi connectivity index (χ2v) is 11.7. The number of likely N-dealkylation sites (N-methyl/N-ethyl adjacent to an activating group) is 1. The number of esters is 1. The van der Waals surface area contributed by atoms with E-state index in [9.17, 15) is 4.79 Å². The summed E-state index contributed by atoms with van der Waals surface area (Å²) in [7, 11) is 3.85. The zero-order chi connectivity index (χ0) is 27.2. The van der Waals surface area contributed by atoms with Gasteiger partial charge < -0.3 is 19.3 Å². The minimum atomic E-state index is -0.407. The van der Waals surface area contributed by atoms with Gasteiger partial charge in [-0.15, -0.1) is 16.9 Å². The number of thioether (sulfide) groups is 1. The monoisotopic (exact) mass is 549 g/mol. The van der Waals surface area contributed by atoms with E-state index in [4.69, 9.17) is 9.47 Å². The van der Waals surface area contributed by atoms with E-state index in [1.54, 1.807) is 18.9 Å². The van der Waals surface area contributed by atoms with Crippen LogP contribution in [-0.2, 0) is 11.3 Å². The van der Waals surface area contributed by atoms with Crippen LogP contribution in [0.5, 0.6) is 5.75 Å². The van der Waals surface area contributed by atoms with Gasteiger partial charge in [0.15, 0.2) is 0 Å². The van der Waals surface area contributed by atoms with Crippen LogP contribution in [0.3, 0.4) is 0 Å². The Morgan fingerprint density at radius 3 is 2.31 bits per heavy atom. The number of methoxy groups -OCH3 is 1. The Hall–Kier alpha value is -3.04. The maximum Gasteiger partial charge on any atom is 0.361 e. The second kappa shape index (κ2) is 12.9. The Morgan fingerprint density at radius 1 is 0.974 bits per heavy atom. The van der Waals surface area contributed by atoms with Gasteiger partial charge in [0, 0.05) is 37.1 Å². The first-order valence-corrected chi connectivity index (χ1v) is 14.9. The van der Waals surface area contributed by atoms with Crippen molar-refractivity contribution in [1.82, 2.24) is 19.9 Å². The van der Waals surface area contributed by atoms with Gasteiger partial charge in [0.05, 0.1) is 20.3 Å². The number of rotatable bonds is 9. The number of anilines is 1. The van der Waals surface area contributed by atoms with Gasteiger partial charge in [-0.25, -0.2) is 9.48 Å². The molecule has 1 aliphatic heterocycles. The van der Waals surface area contributed by atoms with Crippen molar-refractivity contribution < 1.29 is 14.3 Å². The van der Waals surface area contributed by atoms with Crippen molar-refractivity contribution in [3.63, 3.8) is 0 Å². The lowest BCUT2D eigenvalue weighted by molar-refractivity contribution is 0.0514. The number of ether oxygens (including phenoxy) is 2. The molecule has 1 saturated heterocycles. The molecular weight excluding hydrogens is 510 g/mol. The van der Waals surface area contributed by atoms with Crippen molar-refractivity contribution >= 4 is 23.4 Å². The second-order valence-electron chi connectivity index (χ2n) is 10.4. The fourth-order valence-electron chi connectivity index (χ4n) is 5.45. The molecule has 1 aromatic heterocycles. The molecule has 1 aliphatic carbocycles.